The van der Waals surface area contributed by atoms with E-state index in [2.05, 4.69) is 13.8 Å². The predicted octanol–water partition coefficient (Wildman–Crippen LogP) is 9.95. The van der Waals surface area contributed by atoms with Crippen LogP contribution in [-0.2, 0) is 17.5 Å². The van der Waals surface area contributed by atoms with Crippen LogP contribution in [-0.4, -0.2) is 12.7 Å². The first-order valence-electron chi connectivity index (χ1n) is 14.5. The van der Waals surface area contributed by atoms with Crippen molar-refractivity contribution in [3.05, 3.63) is 64.5 Å². The average Bonchev–Trinajstić information content (AvgIpc) is 2.91. The highest BCUT2D eigenvalue weighted by molar-refractivity contribution is 5.38. The Balaban J connectivity index is 1.40. The highest BCUT2D eigenvalue weighted by Gasteiger charge is 2.39. The molecule has 4 rings (SSSR count). The van der Waals surface area contributed by atoms with Crippen LogP contribution in [0.3, 0.4) is 0 Å². The van der Waals surface area contributed by atoms with Crippen LogP contribution in [0.4, 0.5) is 17.6 Å². The van der Waals surface area contributed by atoms with E-state index >= 15 is 4.39 Å². The lowest BCUT2D eigenvalue weighted by molar-refractivity contribution is -0.141. The predicted molar refractivity (Wildman–Crippen MR) is 143 cm³/mol. The summed E-state index contributed by atoms with van der Waals surface area (Å²) in [6.45, 7) is 4.26. The molecule has 1 saturated carbocycles. The fourth-order valence-corrected chi connectivity index (χ4v) is 6.27. The van der Waals surface area contributed by atoms with Crippen LogP contribution >= 0.6 is 0 Å². The molecule has 38 heavy (non-hydrogen) atoms. The molecule has 0 radical (unpaired) electrons. The third-order valence-electron chi connectivity index (χ3n) is 8.52. The minimum absolute atomic E-state index is 0.0908. The van der Waals surface area contributed by atoms with E-state index in [-0.39, 0.29) is 36.4 Å². The monoisotopic (exact) mass is 534 g/mol. The van der Waals surface area contributed by atoms with Crippen molar-refractivity contribution in [3.63, 3.8) is 0 Å². The Morgan fingerprint density at radius 2 is 1.55 bits per heavy atom. The van der Waals surface area contributed by atoms with Crippen LogP contribution < -0.4 is 4.74 Å². The Morgan fingerprint density at radius 1 is 0.842 bits per heavy atom. The van der Waals surface area contributed by atoms with Crippen molar-refractivity contribution in [2.75, 3.05) is 6.61 Å². The molecule has 6 heteroatoms. The summed E-state index contributed by atoms with van der Waals surface area (Å²) in [5, 5.41) is 0. The molecule has 0 aromatic heterocycles. The van der Waals surface area contributed by atoms with E-state index in [1.165, 1.54) is 56.2 Å². The molecule has 2 fully saturated rings. The van der Waals surface area contributed by atoms with Crippen LogP contribution in [0.25, 0.3) is 0 Å². The van der Waals surface area contributed by atoms with Gasteiger partial charge < -0.3 is 9.47 Å². The van der Waals surface area contributed by atoms with Gasteiger partial charge in [-0.2, -0.15) is 13.2 Å². The van der Waals surface area contributed by atoms with Crippen LogP contribution in [0.5, 0.6) is 5.75 Å². The van der Waals surface area contributed by atoms with Crippen LogP contribution in [0.2, 0.25) is 0 Å². The fourth-order valence-electron chi connectivity index (χ4n) is 6.27. The molecular formula is C32H42F4O2. The van der Waals surface area contributed by atoms with Gasteiger partial charge in [0.2, 0.25) is 0 Å². The molecule has 1 saturated heterocycles. The Kier molecular flexibility index (Phi) is 10.1. The van der Waals surface area contributed by atoms with Gasteiger partial charge in [-0.3, -0.25) is 0 Å². The Bertz CT molecular complexity index is 1000. The molecule has 1 heterocycles. The Hall–Kier alpha value is -2.08. The van der Waals surface area contributed by atoms with E-state index in [9.17, 15) is 13.2 Å². The lowest BCUT2D eigenvalue weighted by Crippen LogP contribution is -2.26. The summed E-state index contributed by atoms with van der Waals surface area (Å²) in [6.07, 6.45) is 7.15. The number of rotatable bonds is 10. The first kappa shape index (κ1) is 28.9. The quantitative estimate of drug-likeness (QED) is 0.282. The molecule has 0 N–H and O–H groups in total. The molecule has 2 aromatic carbocycles. The Morgan fingerprint density at radius 3 is 2.16 bits per heavy atom. The summed E-state index contributed by atoms with van der Waals surface area (Å²) in [5.41, 5.74) is -0.0588. The number of halogens is 4. The summed E-state index contributed by atoms with van der Waals surface area (Å²) < 4.78 is 68.9. The maximum atomic E-state index is 15.3. The molecule has 0 spiro atoms. The van der Waals surface area contributed by atoms with Crippen molar-refractivity contribution in [3.8, 4) is 5.75 Å². The first-order chi connectivity index (χ1) is 18.3. The van der Waals surface area contributed by atoms with E-state index in [0.29, 0.717) is 18.1 Å². The molecule has 0 amide bonds. The van der Waals surface area contributed by atoms with Crippen molar-refractivity contribution in [1.82, 2.24) is 0 Å². The van der Waals surface area contributed by atoms with Crippen molar-refractivity contribution >= 4 is 0 Å². The van der Waals surface area contributed by atoms with Gasteiger partial charge in [0.05, 0.1) is 18.3 Å². The van der Waals surface area contributed by atoms with Gasteiger partial charge in [-0.25, -0.2) is 4.39 Å². The van der Waals surface area contributed by atoms with Crippen molar-refractivity contribution < 1.29 is 27.0 Å². The molecule has 210 valence electrons. The standard InChI is InChI=1S/C32H42F4O2/c1-3-5-7-27-18-14-25(20-37-27)29-19-15-26(30(31(29)33)32(34,35)36)21-38-28-16-12-24(13-17-28)23-10-8-22(6-4-2)9-11-23/h12-13,15-17,19,22-23,25,27H,3-11,14,18,20-21H2,1-2H3. The van der Waals surface area contributed by atoms with Gasteiger partial charge in [0.15, 0.2) is 0 Å². The minimum atomic E-state index is -4.81. The molecule has 2 aromatic rings. The first-order valence-corrected chi connectivity index (χ1v) is 14.5. The summed E-state index contributed by atoms with van der Waals surface area (Å²) in [5.74, 6) is 0.301. The van der Waals surface area contributed by atoms with E-state index in [4.69, 9.17) is 9.47 Å². The molecular weight excluding hydrogens is 492 g/mol. The zero-order valence-corrected chi connectivity index (χ0v) is 22.8. The summed E-state index contributed by atoms with van der Waals surface area (Å²) >= 11 is 0. The number of unbranched alkanes of at least 4 members (excludes halogenated alkanes) is 1. The Labute approximate surface area is 225 Å². The zero-order chi connectivity index (χ0) is 27.1. The SMILES string of the molecule is CCCCC1CCC(c2ccc(COc3ccc(C4CCC(CCC)CC4)cc3)c(C(F)(F)F)c2F)CO1. The minimum Gasteiger partial charge on any atom is -0.489 e. The smallest absolute Gasteiger partial charge is 0.419 e. The largest absolute Gasteiger partial charge is 0.489 e. The average molecular weight is 535 g/mol. The third-order valence-corrected chi connectivity index (χ3v) is 8.52. The fraction of sp³-hybridized carbons (Fsp3) is 0.625. The molecule has 1 aliphatic heterocycles. The maximum absolute atomic E-state index is 15.3. The molecule has 2 nitrogen and oxygen atoms in total. The van der Waals surface area contributed by atoms with Gasteiger partial charge >= 0.3 is 6.18 Å². The summed E-state index contributed by atoms with van der Waals surface area (Å²) in [6, 6.07) is 10.5. The van der Waals surface area contributed by atoms with E-state index in [1.54, 1.807) is 0 Å². The van der Waals surface area contributed by atoms with Gasteiger partial charge in [0.25, 0.3) is 0 Å². The highest BCUT2D eigenvalue weighted by atomic mass is 19.4. The molecule has 2 aliphatic rings. The van der Waals surface area contributed by atoms with Gasteiger partial charge in [0, 0.05) is 11.5 Å². The van der Waals surface area contributed by atoms with Crippen LogP contribution in [0.15, 0.2) is 36.4 Å². The van der Waals surface area contributed by atoms with Crippen molar-refractivity contribution in [2.24, 2.45) is 5.92 Å². The summed E-state index contributed by atoms with van der Waals surface area (Å²) in [4.78, 5) is 0. The van der Waals surface area contributed by atoms with Gasteiger partial charge in [-0.1, -0.05) is 63.8 Å². The van der Waals surface area contributed by atoms with Gasteiger partial charge in [-0.05, 0) is 80.0 Å². The molecule has 2 atom stereocenters. The highest BCUT2D eigenvalue weighted by Crippen LogP contribution is 2.41. The number of hydrogen-bond acceptors (Lipinski definition) is 2. The topological polar surface area (TPSA) is 18.5 Å². The lowest BCUT2D eigenvalue weighted by atomic mass is 9.77. The summed E-state index contributed by atoms with van der Waals surface area (Å²) in [7, 11) is 0. The second-order valence-electron chi connectivity index (χ2n) is 11.2. The van der Waals surface area contributed by atoms with Crippen LogP contribution in [0.1, 0.15) is 119 Å². The van der Waals surface area contributed by atoms with Gasteiger partial charge in [0.1, 0.15) is 18.2 Å². The molecule has 2 unspecified atom stereocenters. The van der Waals surface area contributed by atoms with Crippen molar-refractivity contribution in [2.45, 2.75) is 115 Å². The third kappa shape index (κ3) is 7.31. The van der Waals surface area contributed by atoms with E-state index in [1.807, 2.05) is 24.3 Å². The molecule has 0 bridgehead atoms. The van der Waals surface area contributed by atoms with E-state index in [0.717, 1.165) is 31.6 Å². The van der Waals surface area contributed by atoms with Crippen LogP contribution in [0, 0.1) is 11.7 Å². The maximum Gasteiger partial charge on any atom is 0.419 e. The van der Waals surface area contributed by atoms with Crippen molar-refractivity contribution in [1.29, 1.82) is 0 Å². The van der Waals surface area contributed by atoms with Gasteiger partial charge in [-0.15, -0.1) is 0 Å². The second kappa shape index (κ2) is 13.3. The number of ether oxygens (including phenoxy) is 2. The number of hydrogen-bond donors (Lipinski definition) is 0. The normalized spacial score (nSPS) is 24.4. The van der Waals surface area contributed by atoms with E-state index < -0.39 is 17.6 Å². The second-order valence-corrected chi connectivity index (χ2v) is 11.2. The number of benzene rings is 2. The number of alkyl halides is 3. The zero-order valence-electron chi connectivity index (χ0n) is 22.8. The lowest BCUT2D eigenvalue weighted by Gasteiger charge is -2.30. The molecule has 1 aliphatic carbocycles.